The molecule has 2 fully saturated rings. The summed E-state index contributed by atoms with van der Waals surface area (Å²) in [4.78, 5) is 17.9. The number of alkyl halides is 3. The second kappa shape index (κ2) is 12.2. The molecule has 40 heavy (non-hydrogen) atoms. The van der Waals surface area contributed by atoms with Crippen molar-refractivity contribution in [2.45, 2.75) is 81.3 Å². The maximum atomic E-state index is 13.6. The third-order valence-electron chi connectivity index (χ3n) is 8.70. The number of amides is 1. The Kier molecular flexibility index (Phi) is 9.31. The van der Waals surface area contributed by atoms with Gasteiger partial charge in [-0.15, -0.1) is 0 Å². The summed E-state index contributed by atoms with van der Waals surface area (Å²) in [6.07, 6.45) is -3.08. The van der Waals surface area contributed by atoms with Crippen molar-refractivity contribution in [3.8, 4) is 0 Å². The maximum Gasteiger partial charge on any atom is 0.416 e. The number of carbonyl (C=O) groups is 1. The van der Waals surface area contributed by atoms with Crippen LogP contribution in [-0.4, -0.2) is 66.7 Å². The molecule has 1 amide bonds. The summed E-state index contributed by atoms with van der Waals surface area (Å²) in [5.74, 6) is -1.02. The summed E-state index contributed by atoms with van der Waals surface area (Å²) in [6.45, 7) is 4.65. The number of aliphatic hydroxyl groups excluding tert-OH is 1. The molecular formula is C30H39F3N2O4S. The zero-order valence-electron chi connectivity index (χ0n) is 23.2. The van der Waals surface area contributed by atoms with Crippen molar-refractivity contribution in [3.05, 3.63) is 65.7 Å². The lowest BCUT2D eigenvalue weighted by molar-refractivity contribution is -0.138. The van der Waals surface area contributed by atoms with Crippen LogP contribution in [0.15, 0.2) is 59.5 Å². The predicted octanol–water partition coefficient (Wildman–Crippen LogP) is 5.33. The van der Waals surface area contributed by atoms with Crippen LogP contribution in [0, 0.1) is 11.8 Å². The predicted molar refractivity (Wildman–Crippen MR) is 147 cm³/mol. The Morgan fingerprint density at radius 2 is 1.75 bits per heavy atom. The molecule has 2 aromatic rings. The number of nitrogens with zero attached hydrogens (tertiary/aromatic N) is 2. The number of benzene rings is 2. The third-order valence-corrected chi connectivity index (χ3v) is 10.6. The van der Waals surface area contributed by atoms with Gasteiger partial charge in [-0.3, -0.25) is 4.79 Å². The Balaban J connectivity index is 1.51. The minimum Gasteiger partial charge on any atom is -0.388 e. The molecule has 1 aliphatic carbocycles. The molecule has 6 nitrogen and oxygen atoms in total. The molecule has 3 unspecified atom stereocenters. The number of hydrogen-bond acceptors (Lipinski definition) is 5. The number of likely N-dealkylation sites (tertiary alicyclic amines) is 1. The highest BCUT2D eigenvalue weighted by atomic mass is 32.2. The van der Waals surface area contributed by atoms with Gasteiger partial charge in [-0.05, 0) is 88.7 Å². The molecule has 10 heteroatoms. The Morgan fingerprint density at radius 3 is 2.40 bits per heavy atom. The average molecular weight is 581 g/mol. The van der Waals surface area contributed by atoms with Gasteiger partial charge in [0.1, 0.15) is 0 Å². The highest BCUT2D eigenvalue weighted by Crippen LogP contribution is 2.39. The van der Waals surface area contributed by atoms with Crippen LogP contribution in [0.5, 0.6) is 0 Å². The Hall–Kier alpha value is -2.43. The lowest BCUT2D eigenvalue weighted by Crippen LogP contribution is -2.51. The van der Waals surface area contributed by atoms with Crippen molar-refractivity contribution in [2.24, 2.45) is 11.8 Å². The summed E-state index contributed by atoms with van der Waals surface area (Å²) in [7, 11) is -1.54. The molecule has 5 atom stereocenters. The van der Waals surface area contributed by atoms with Crippen LogP contribution in [0.3, 0.4) is 0 Å². The topological polar surface area (TPSA) is 77.9 Å². The number of aliphatic hydroxyl groups is 1. The summed E-state index contributed by atoms with van der Waals surface area (Å²) in [6, 6.07) is 13.2. The van der Waals surface area contributed by atoms with E-state index in [-0.39, 0.29) is 46.5 Å². The lowest BCUT2D eigenvalue weighted by Gasteiger charge is -2.44. The van der Waals surface area contributed by atoms with Gasteiger partial charge in [0.15, 0.2) is 9.84 Å². The van der Waals surface area contributed by atoms with Gasteiger partial charge in [0.25, 0.3) is 0 Å². The van der Waals surface area contributed by atoms with Crippen LogP contribution in [0.4, 0.5) is 13.2 Å². The standard InChI is InChI=1S/C30H39F3N2O4S/c1-20(2)34(3)25-12-13-27(23(17-25)19-40(38,39)26-10-5-4-6-11-26)35-15-14-22(29(35)37)18-28(36)21-8-7-9-24(16-21)30(31,32)33/h4-11,16,20,22-23,25,27-28,36H,12-15,17-19H2,1-3H3/t22?,23-,25?,27?,28+/m0/s1. The van der Waals surface area contributed by atoms with Gasteiger partial charge in [-0.25, -0.2) is 8.42 Å². The molecule has 1 heterocycles. The minimum atomic E-state index is -4.52. The van der Waals surface area contributed by atoms with Crippen LogP contribution in [-0.2, 0) is 20.8 Å². The molecule has 0 aromatic heterocycles. The molecule has 0 spiro atoms. The smallest absolute Gasteiger partial charge is 0.388 e. The van der Waals surface area contributed by atoms with Crippen LogP contribution in [0.2, 0.25) is 0 Å². The van der Waals surface area contributed by atoms with Crippen molar-refractivity contribution in [3.63, 3.8) is 0 Å². The van der Waals surface area contributed by atoms with E-state index in [0.717, 1.165) is 18.6 Å². The van der Waals surface area contributed by atoms with Gasteiger partial charge in [0.05, 0.1) is 22.3 Å². The zero-order chi connectivity index (χ0) is 29.2. The molecule has 2 aromatic carbocycles. The summed E-state index contributed by atoms with van der Waals surface area (Å²) < 4.78 is 66.2. The van der Waals surface area contributed by atoms with Gasteiger partial charge in [0, 0.05) is 30.6 Å². The van der Waals surface area contributed by atoms with Crippen LogP contribution >= 0.6 is 0 Å². The van der Waals surface area contributed by atoms with Crippen molar-refractivity contribution >= 4 is 15.7 Å². The van der Waals surface area contributed by atoms with E-state index in [9.17, 15) is 31.5 Å². The first-order valence-electron chi connectivity index (χ1n) is 13.9. The van der Waals surface area contributed by atoms with Gasteiger partial charge in [0.2, 0.25) is 5.91 Å². The summed E-state index contributed by atoms with van der Waals surface area (Å²) >= 11 is 0. The van der Waals surface area contributed by atoms with Crippen LogP contribution in [0.25, 0.3) is 0 Å². The average Bonchev–Trinajstić information content (AvgIpc) is 3.27. The summed E-state index contributed by atoms with van der Waals surface area (Å²) in [5, 5.41) is 10.7. The first-order valence-corrected chi connectivity index (χ1v) is 15.6. The van der Waals surface area contributed by atoms with Crippen LogP contribution in [0.1, 0.15) is 63.2 Å². The van der Waals surface area contributed by atoms with E-state index in [1.807, 2.05) is 7.05 Å². The van der Waals surface area contributed by atoms with E-state index in [1.165, 1.54) is 12.1 Å². The van der Waals surface area contributed by atoms with Crippen molar-refractivity contribution < 1.29 is 31.5 Å². The highest BCUT2D eigenvalue weighted by molar-refractivity contribution is 7.91. The number of hydrogen-bond donors (Lipinski definition) is 1. The maximum absolute atomic E-state index is 13.6. The summed E-state index contributed by atoms with van der Waals surface area (Å²) in [5.41, 5.74) is -0.709. The Labute approximate surface area is 235 Å². The molecule has 1 saturated carbocycles. The van der Waals surface area contributed by atoms with E-state index >= 15 is 0 Å². The first kappa shape index (κ1) is 30.5. The van der Waals surface area contributed by atoms with Gasteiger partial charge >= 0.3 is 6.18 Å². The second-order valence-electron chi connectivity index (χ2n) is 11.5. The molecule has 2 aliphatic rings. The number of sulfone groups is 1. The molecular weight excluding hydrogens is 541 g/mol. The Bertz CT molecular complexity index is 1270. The van der Waals surface area contributed by atoms with Gasteiger partial charge < -0.3 is 14.9 Å². The quantitative estimate of drug-likeness (QED) is 0.434. The molecule has 220 valence electrons. The van der Waals surface area contributed by atoms with Crippen LogP contribution < -0.4 is 0 Å². The van der Waals surface area contributed by atoms with E-state index in [4.69, 9.17) is 0 Å². The van der Waals surface area contributed by atoms with Crippen molar-refractivity contribution in [1.82, 2.24) is 9.80 Å². The SMILES string of the molecule is CC(C)N(C)C1CCC(N2CCC(C[C@@H](O)c3cccc(C(F)(F)F)c3)C2=O)[C@H](CS(=O)(=O)c2ccccc2)C1. The molecule has 1 aliphatic heterocycles. The fourth-order valence-corrected chi connectivity index (χ4v) is 7.94. The number of carbonyl (C=O) groups excluding carboxylic acids is 1. The normalized spacial score (nSPS) is 25.1. The second-order valence-corrected chi connectivity index (χ2v) is 13.6. The fraction of sp³-hybridized carbons (Fsp3) is 0.567. The molecule has 1 N–H and O–H groups in total. The van der Waals surface area contributed by atoms with E-state index in [1.54, 1.807) is 35.2 Å². The zero-order valence-corrected chi connectivity index (χ0v) is 24.0. The number of halogens is 3. The van der Waals surface area contributed by atoms with Crippen molar-refractivity contribution in [2.75, 3.05) is 19.3 Å². The van der Waals surface area contributed by atoms with Gasteiger partial charge in [-0.1, -0.05) is 30.3 Å². The monoisotopic (exact) mass is 580 g/mol. The highest BCUT2D eigenvalue weighted by Gasteiger charge is 2.44. The lowest BCUT2D eigenvalue weighted by atomic mass is 9.80. The third kappa shape index (κ3) is 6.89. The first-order chi connectivity index (χ1) is 18.8. The molecule has 4 rings (SSSR count). The largest absolute Gasteiger partial charge is 0.416 e. The van der Waals surface area contributed by atoms with E-state index in [0.29, 0.717) is 31.8 Å². The van der Waals surface area contributed by atoms with E-state index < -0.39 is 33.6 Å². The Morgan fingerprint density at radius 1 is 1.05 bits per heavy atom. The number of rotatable bonds is 9. The minimum absolute atomic E-state index is 0.0229. The molecule has 1 saturated heterocycles. The van der Waals surface area contributed by atoms with E-state index in [2.05, 4.69) is 18.7 Å². The van der Waals surface area contributed by atoms with Gasteiger partial charge in [-0.2, -0.15) is 13.2 Å². The fourth-order valence-electron chi connectivity index (χ4n) is 6.25. The molecule has 0 radical (unpaired) electrons. The van der Waals surface area contributed by atoms with Crippen molar-refractivity contribution in [1.29, 1.82) is 0 Å². The molecule has 0 bridgehead atoms.